The quantitative estimate of drug-likeness (QED) is 0.717. The number of amides is 1. The Hall–Kier alpha value is -2.87. The minimum atomic E-state index is -0.531. The number of carbonyl (C=O) groups is 1. The Balaban J connectivity index is 1.66. The first kappa shape index (κ1) is 15.6. The van der Waals surface area contributed by atoms with Crippen LogP contribution in [-0.2, 0) is 15.1 Å². The average molecular weight is 340 g/mol. The molecule has 2 fully saturated rings. The van der Waals surface area contributed by atoms with Crippen molar-refractivity contribution in [3.05, 3.63) is 42.0 Å². The third kappa shape index (κ3) is 2.74. The zero-order chi connectivity index (χ0) is 17.4. The van der Waals surface area contributed by atoms with Crippen molar-refractivity contribution in [3.8, 4) is 0 Å². The zero-order valence-electron chi connectivity index (χ0n) is 13.7. The van der Waals surface area contributed by atoms with E-state index in [1.54, 1.807) is 6.07 Å². The highest BCUT2D eigenvalue weighted by atomic mass is 16.5. The number of carbonyl (C=O) groups excluding carboxylic acids is 1. The lowest BCUT2D eigenvalue weighted by Crippen LogP contribution is -2.66. The summed E-state index contributed by atoms with van der Waals surface area (Å²) in [6.07, 6.45) is 0.496. The van der Waals surface area contributed by atoms with Gasteiger partial charge in [0, 0.05) is 19.2 Å². The van der Waals surface area contributed by atoms with Crippen molar-refractivity contribution in [1.82, 2.24) is 15.3 Å². The number of nitrogens with zero attached hydrogens (tertiary/aromatic N) is 3. The highest BCUT2D eigenvalue weighted by Crippen LogP contribution is 2.38. The van der Waals surface area contributed by atoms with Crippen molar-refractivity contribution in [2.45, 2.75) is 18.1 Å². The van der Waals surface area contributed by atoms with E-state index in [9.17, 15) is 4.79 Å². The lowest BCUT2D eigenvalue weighted by molar-refractivity contribution is -0.146. The molecule has 8 nitrogen and oxygen atoms in total. The van der Waals surface area contributed by atoms with E-state index in [1.165, 1.54) is 0 Å². The molecule has 4 rings (SSSR count). The molecule has 1 amide bonds. The molecule has 0 radical (unpaired) electrons. The van der Waals surface area contributed by atoms with Crippen LogP contribution in [0.2, 0.25) is 0 Å². The normalized spacial score (nSPS) is 26.0. The van der Waals surface area contributed by atoms with Crippen molar-refractivity contribution < 1.29 is 9.53 Å². The van der Waals surface area contributed by atoms with E-state index < -0.39 is 5.54 Å². The molecule has 3 heterocycles. The number of hydrogen-bond acceptors (Lipinski definition) is 7. The van der Waals surface area contributed by atoms with Gasteiger partial charge in [-0.1, -0.05) is 30.3 Å². The number of benzene rings is 1. The lowest BCUT2D eigenvalue weighted by atomic mass is 9.77. The summed E-state index contributed by atoms with van der Waals surface area (Å²) in [7, 11) is 0. The molecule has 2 saturated heterocycles. The van der Waals surface area contributed by atoms with Crippen LogP contribution in [0.15, 0.2) is 36.4 Å². The first-order valence-electron chi connectivity index (χ1n) is 8.20. The van der Waals surface area contributed by atoms with Gasteiger partial charge in [-0.05, 0) is 12.0 Å². The Bertz CT molecular complexity index is 779. The maximum Gasteiger partial charge on any atom is 0.246 e. The Morgan fingerprint density at radius 1 is 1.24 bits per heavy atom. The molecule has 0 saturated carbocycles. The van der Waals surface area contributed by atoms with E-state index in [2.05, 4.69) is 20.2 Å². The minimum absolute atomic E-state index is 0.0567. The van der Waals surface area contributed by atoms with Crippen molar-refractivity contribution in [3.63, 3.8) is 0 Å². The number of anilines is 3. The van der Waals surface area contributed by atoms with Crippen LogP contribution in [0.5, 0.6) is 0 Å². The van der Waals surface area contributed by atoms with Crippen molar-refractivity contribution in [2.75, 3.05) is 36.1 Å². The maximum atomic E-state index is 12.0. The number of aromatic nitrogens is 2. The molecule has 0 aliphatic carbocycles. The van der Waals surface area contributed by atoms with Gasteiger partial charge in [0.25, 0.3) is 0 Å². The molecule has 2 atom stereocenters. The number of rotatable bonds is 2. The minimum Gasteiger partial charge on any atom is -0.383 e. The van der Waals surface area contributed by atoms with Gasteiger partial charge >= 0.3 is 0 Å². The molecule has 1 aromatic heterocycles. The van der Waals surface area contributed by atoms with Crippen LogP contribution in [0, 0.1) is 0 Å². The highest BCUT2D eigenvalue weighted by Gasteiger charge is 2.49. The summed E-state index contributed by atoms with van der Waals surface area (Å²) < 4.78 is 5.90. The van der Waals surface area contributed by atoms with Crippen LogP contribution in [-0.4, -0.2) is 41.7 Å². The van der Waals surface area contributed by atoms with E-state index in [1.807, 2.05) is 30.3 Å². The summed E-state index contributed by atoms with van der Waals surface area (Å²) in [5.41, 5.74) is 12.0. The fraction of sp³-hybridized carbons (Fsp3) is 0.353. The topological polar surface area (TPSA) is 119 Å². The average Bonchev–Trinajstić information content (AvgIpc) is 2.61. The molecule has 0 unspecified atom stereocenters. The summed E-state index contributed by atoms with van der Waals surface area (Å²) in [4.78, 5) is 22.3. The van der Waals surface area contributed by atoms with E-state index in [0.717, 1.165) is 5.56 Å². The van der Waals surface area contributed by atoms with Gasteiger partial charge in [-0.2, -0.15) is 9.97 Å². The van der Waals surface area contributed by atoms with Crippen LogP contribution >= 0.6 is 0 Å². The van der Waals surface area contributed by atoms with E-state index in [-0.39, 0.29) is 24.6 Å². The van der Waals surface area contributed by atoms with Gasteiger partial charge in [0.2, 0.25) is 11.9 Å². The maximum absolute atomic E-state index is 12.0. The summed E-state index contributed by atoms with van der Waals surface area (Å²) in [5.74, 6) is 1.06. The van der Waals surface area contributed by atoms with Gasteiger partial charge in [-0.15, -0.1) is 0 Å². The number of morpholine rings is 1. The second-order valence-corrected chi connectivity index (χ2v) is 6.39. The predicted molar refractivity (Wildman–Crippen MR) is 93.7 cm³/mol. The number of nitrogen functional groups attached to an aromatic ring is 2. The first-order chi connectivity index (χ1) is 12.1. The van der Waals surface area contributed by atoms with Crippen molar-refractivity contribution in [2.24, 2.45) is 0 Å². The molecule has 0 spiro atoms. The number of nitrogens with two attached hydrogens (primary N) is 2. The van der Waals surface area contributed by atoms with Gasteiger partial charge < -0.3 is 26.4 Å². The largest absolute Gasteiger partial charge is 0.383 e. The molecular weight excluding hydrogens is 320 g/mol. The molecule has 2 aliphatic heterocycles. The monoisotopic (exact) mass is 340 g/mol. The van der Waals surface area contributed by atoms with E-state index in [0.29, 0.717) is 31.1 Å². The third-order valence-corrected chi connectivity index (χ3v) is 4.85. The third-order valence-electron chi connectivity index (χ3n) is 4.85. The van der Waals surface area contributed by atoms with Crippen LogP contribution in [0.1, 0.15) is 12.0 Å². The smallest absolute Gasteiger partial charge is 0.246 e. The van der Waals surface area contributed by atoms with Gasteiger partial charge in [0.1, 0.15) is 24.3 Å². The zero-order valence-corrected chi connectivity index (χ0v) is 13.7. The SMILES string of the molecule is Nc1cc(N2CC[C@@]3(c4ccccc4)NC(=O)CO[C@@H]3C2)nc(N)n1. The second-order valence-electron chi connectivity index (χ2n) is 6.39. The standard InChI is InChI=1S/C17H20N6O2/c18-13-8-14(21-16(19)20-13)23-7-6-17(11-4-2-1-3-5-11)12(9-23)25-10-15(24)22-17/h1-5,8,12H,6-7,9-10H2,(H,22,24)(H4,18,19,20,21)/t12-,17+/m1/s1. The lowest BCUT2D eigenvalue weighted by Gasteiger charge is -2.50. The summed E-state index contributed by atoms with van der Waals surface area (Å²) in [6.45, 7) is 1.32. The first-order valence-corrected chi connectivity index (χ1v) is 8.20. The predicted octanol–water partition coefficient (Wildman–Crippen LogP) is 0.262. The van der Waals surface area contributed by atoms with E-state index >= 15 is 0 Å². The van der Waals surface area contributed by atoms with Crippen molar-refractivity contribution in [1.29, 1.82) is 0 Å². The summed E-state index contributed by atoms with van der Waals surface area (Å²) >= 11 is 0. The molecule has 2 aromatic rings. The van der Waals surface area contributed by atoms with Crippen LogP contribution in [0.3, 0.4) is 0 Å². The number of fused-ring (bicyclic) bond motifs is 1. The van der Waals surface area contributed by atoms with Gasteiger partial charge in [0.05, 0.1) is 5.54 Å². The van der Waals surface area contributed by atoms with Crippen LogP contribution in [0.25, 0.3) is 0 Å². The Morgan fingerprint density at radius 3 is 2.80 bits per heavy atom. The summed E-state index contributed by atoms with van der Waals surface area (Å²) in [5, 5.41) is 3.17. The van der Waals surface area contributed by atoms with Gasteiger partial charge in [-0.3, -0.25) is 4.79 Å². The fourth-order valence-electron chi connectivity index (χ4n) is 3.70. The Morgan fingerprint density at radius 2 is 2.04 bits per heavy atom. The number of ether oxygens (including phenoxy) is 1. The fourth-order valence-corrected chi connectivity index (χ4v) is 3.70. The molecule has 5 N–H and O–H groups in total. The van der Waals surface area contributed by atoms with Crippen LogP contribution in [0.4, 0.5) is 17.6 Å². The van der Waals surface area contributed by atoms with Crippen LogP contribution < -0.4 is 21.7 Å². The molecule has 0 bridgehead atoms. The molecule has 25 heavy (non-hydrogen) atoms. The van der Waals surface area contributed by atoms with Gasteiger partial charge in [0.15, 0.2) is 0 Å². The molecule has 2 aliphatic rings. The van der Waals surface area contributed by atoms with Crippen molar-refractivity contribution >= 4 is 23.5 Å². The Labute approximate surface area is 145 Å². The Kier molecular flexibility index (Phi) is 3.69. The molecule has 130 valence electrons. The molecule has 8 heteroatoms. The van der Waals surface area contributed by atoms with E-state index in [4.69, 9.17) is 16.2 Å². The molecule has 1 aromatic carbocycles. The number of hydrogen-bond donors (Lipinski definition) is 3. The second kappa shape index (κ2) is 5.89. The highest BCUT2D eigenvalue weighted by molar-refractivity contribution is 5.79. The number of piperidine rings is 1. The summed E-state index contributed by atoms with van der Waals surface area (Å²) in [6, 6.07) is 11.7. The van der Waals surface area contributed by atoms with Gasteiger partial charge in [-0.25, -0.2) is 0 Å². The molecular formula is C17H20N6O2. The number of nitrogens with one attached hydrogen (secondary N) is 1.